The third-order valence-electron chi connectivity index (χ3n) is 7.78. The minimum atomic E-state index is -0.656. The summed E-state index contributed by atoms with van der Waals surface area (Å²) in [5, 5.41) is 0. The third kappa shape index (κ3) is 4.63. The number of nitrogen functional groups attached to an aromatic ring is 1. The Morgan fingerprint density at radius 3 is 2.67 bits per heavy atom. The van der Waals surface area contributed by atoms with Crippen molar-refractivity contribution in [1.29, 1.82) is 0 Å². The summed E-state index contributed by atoms with van der Waals surface area (Å²) in [6.45, 7) is 1.01. The number of aromatic nitrogens is 3. The number of carbonyl (C=O) groups is 1. The van der Waals surface area contributed by atoms with E-state index in [1.807, 2.05) is 0 Å². The first-order chi connectivity index (χ1) is 18.9. The van der Waals surface area contributed by atoms with Crippen LogP contribution in [0.5, 0.6) is 0 Å². The Kier molecular flexibility index (Phi) is 6.74. The SMILES string of the molecule is CO[C@@H]1CCCC[C@H]1N(Cc1ccc(-c2c(F)cccc2F)cn1)C(=O)c1cc2nc(N)c3c(c2[nH]1)COC3. The summed E-state index contributed by atoms with van der Waals surface area (Å²) >= 11 is 0. The maximum atomic E-state index is 14.3. The van der Waals surface area contributed by atoms with Crippen molar-refractivity contribution in [1.82, 2.24) is 19.9 Å². The first-order valence-corrected chi connectivity index (χ1v) is 13.1. The Labute approximate surface area is 224 Å². The van der Waals surface area contributed by atoms with Gasteiger partial charge in [0, 0.05) is 30.0 Å². The van der Waals surface area contributed by atoms with Gasteiger partial charge in [-0.15, -0.1) is 0 Å². The number of amides is 1. The van der Waals surface area contributed by atoms with Crippen LogP contribution in [0.3, 0.4) is 0 Å². The number of pyridine rings is 2. The van der Waals surface area contributed by atoms with Crippen LogP contribution < -0.4 is 5.73 Å². The standard InChI is InChI=1S/C29H29F2N5O3/c1-38-25-8-3-2-7-24(25)36(13-17-10-9-16(12-33-17)26-20(30)5-4-6-21(26)31)29(37)23-11-22-27(34-23)18-14-39-15-19(18)28(32)35-22/h4-6,9-12,24-25,34H,2-3,7-8,13-15H2,1H3,(H2,32,35)/t24-,25-/m1/s1. The van der Waals surface area contributed by atoms with Crippen molar-refractivity contribution in [3.05, 3.63) is 76.7 Å². The Bertz CT molecular complexity index is 1520. The van der Waals surface area contributed by atoms with E-state index in [-0.39, 0.29) is 30.2 Å². The minimum Gasteiger partial charge on any atom is -0.383 e. The van der Waals surface area contributed by atoms with Crippen LogP contribution in [0.25, 0.3) is 22.2 Å². The van der Waals surface area contributed by atoms with E-state index in [1.54, 1.807) is 30.2 Å². The zero-order valence-corrected chi connectivity index (χ0v) is 21.5. The number of nitrogens with zero attached hydrogens (tertiary/aromatic N) is 3. The second-order valence-electron chi connectivity index (χ2n) is 10.1. The molecule has 1 fully saturated rings. The second-order valence-corrected chi connectivity index (χ2v) is 10.1. The molecule has 0 spiro atoms. The largest absolute Gasteiger partial charge is 0.383 e. The van der Waals surface area contributed by atoms with Gasteiger partial charge in [0.1, 0.15) is 23.1 Å². The first kappa shape index (κ1) is 25.4. The lowest BCUT2D eigenvalue weighted by Crippen LogP contribution is -2.49. The van der Waals surface area contributed by atoms with Gasteiger partial charge >= 0.3 is 0 Å². The summed E-state index contributed by atoms with van der Waals surface area (Å²) < 4.78 is 40.0. The first-order valence-electron chi connectivity index (χ1n) is 13.1. The van der Waals surface area contributed by atoms with Crippen molar-refractivity contribution in [2.75, 3.05) is 12.8 Å². The average Bonchev–Trinajstić information content (AvgIpc) is 3.60. The molecular weight excluding hydrogens is 504 g/mol. The fourth-order valence-corrected chi connectivity index (χ4v) is 5.77. The van der Waals surface area contributed by atoms with Gasteiger partial charge in [-0.3, -0.25) is 9.78 Å². The van der Waals surface area contributed by atoms with Gasteiger partial charge < -0.3 is 25.1 Å². The topological polar surface area (TPSA) is 106 Å². The monoisotopic (exact) mass is 533 g/mol. The van der Waals surface area contributed by atoms with Gasteiger partial charge in [-0.25, -0.2) is 13.8 Å². The zero-order chi connectivity index (χ0) is 27.1. The van der Waals surface area contributed by atoms with Gasteiger partial charge in [0.2, 0.25) is 0 Å². The van der Waals surface area contributed by atoms with Crippen LogP contribution in [-0.2, 0) is 29.2 Å². The van der Waals surface area contributed by atoms with Crippen LogP contribution in [-0.4, -0.2) is 45.0 Å². The van der Waals surface area contributed by atoms with Crippen molar-refractivity contribution in [2.24, 2.45) is 0 Å². The van der Waals surface area contributed by atoms with Crippen LogP contribution in [0.2, 0.25) is 0 Å². The van der Waals surface area contributed by atoms with Crippen LogP contribution >= 0.6 is 0 Å². The van der Waals surface area contributed by atoms with E-state index in [0.717, 1.165) is 42.3 Å². The number of hydrogen-bond donors (Lipinski definition) is 2. The maximum Gasteiger partial charge on any atom is 0.271 e. The Morgan fingerprint density at radius 1 is 1.15 bits per heavy atom. The van der Waals surface area contributed by atoms with Gasteiger partial charge in [0.05, 0.1) is 54.2 Å². The van der Waals surface area contributed by atoms with Crippen molar-refractivity contribution in [3.8, 4) is 11.1 Å². The molecule has 1 aromatic carbocycles. The molecule has 0 saturated heterocycles. The van der Waals surface area contributed by atoms with E-state index < -0.39 is 11.6 Å². The normalized spacial score (nSPS) is 18.8. The van der Waals surface area contributed by atoms with Gasteiger partial charge in [-0.2, -0.15) is 0 Å². The molecule has 0 bridgehead atoms. The summed E-state index contributed by atoms with van der Waals surface area (Å²) in [6, 6.07) is 8.63. The maximum absolute atomic E-state index is 14.3. The quantitative estimate of drug-likeness (QED) is 0.357. The highest BCUT2D eigenvalue weighted by Gasteiger charge is 2.35. The molecule has 0 radical (unpaired) electrons. The molecular formula is C29H29F2N5O3. The molecule has 3 N–H and O–H groups in total. The number of carbonyl (C=O) groups excluding carboxylic acids is 1. The second kappa shape index (κ2) is 10.3. The molecule has 2 atom stereocenters. The van der Waals surface area contributed by atoms with E-state index in [0.29, 0.717) is 41.5 Å². The predicted octanol–water partition coefficient (Wildman–Crippen LogP) is 5.12. The lowest BCUT2D eigenvalue weighted by atomic mass is 9.90. The molecule has 0 unspecified atom stereocenters. The molecule has 1 aliphatic carbocycles. The molecule has 39 heavy (non-hydrogen) atoms. The molecule has 1 amide bonds. The third-order valence-corrected chi connectivity index (χ3v) is 7.78. The number of aromatic amines is 1. The van der Waals surface area contributed by atoms with E-state index in [2.05, 4.69) is 15.0 Å². The van der Waals surface area contributed by atoms with Gasteiger partial charge in [-0.05, 0) is 37.1 Å². The summed E-state index contributed by atoms with van der Waals surface area (Å²) in [7, 11) is 1.67. The lowest BCUT2D eigenvalue weighted by Gasteiger charge is -2.39. The lowest BCUT2D eigenvalue weighted by molar-refractivity contribution is -0.00938. The van der Waals surface area contributed by atoms with Crippen molar-refractivity contribution < 1.29 is 23.0 Å². The number of benzene rings is 1. The molecule has 6 rings (SSSR count). The molecule has 4 heterocycles. The number of rotatable bonds is 6. The number of H-pyrrole nitrogens is 1. The number of hydrogen-bond acceptors (Lipinski definition) is 6. The van der Waals surface area contributed by atoms with Crippen molar-refractivity contribution in [3.63, 3.8) is 0 Å². The number of methoxy groups -OCH3 is 1. The van der Waals surface area contributed by atoms with Crippen LogP contribution in [0, 0.1) is 11.6 Å². The molecule has 202 valence electrons. The fourth-order valence-electron chi connectivity index (χ4n) is 5.77. The predicted molar refractivity (Wildman–Crippen MR) is 142 cm³/mol. The highest BCUT2D eigenvalue weighted by Crippen LogP contribution is 2.33. The highest BCUT2D eigenvalue weighted by molar-refractivity contribution is 5.98. The van der Waals surface area contributed by atoms with Gasteiger partial charge in [0.15, 0.2) is 0 Å². The summed E-state index contributed by atoms with van der Waals surface area (Å²) in [5.74, 6) is -1.11. The molecule has 3 aromatic heterocycles. The highest BCUT2D eigenvalue weighted by atomic mass is 19.1. The Balaban J connectivity index is 1.34. The molecule has 1 aliphatic heterocycles. The molecule has 1 saturated carbocycles. The van der Waals surface area contributed by atoms with E-state index in [1.165, 1.54) is 24.4 Å². The van der Waals surface area contributed by atoms with Crippen LogP contribution in [0.1, 0.15) is 53.0 Å². The molecule has 10 heteroatoms. The molecule has 8 nitrogen and oxygen atoms in total. The van der Waals surface area contributed by atoms with E-state index in [4.69, 9.17) is 15.2 Å². The minimum absolute atomic E-state index is 0.120. The van der Waals surface area contributed by atoms with Crippen molar-refractivity contribution in [2.45, 2.75) is 57.6 Å². The van der Waals surface area contributed by atoms with Crippen LogP contribution in [0.15, 0.2) is 42.6 Å². The smallest absolute Gasteiger partial charge is 0.271 e. The number of ether oxygens (including phenoxy) is 2. The summed E-state index contributed by atoms with van der Waals surface area (Å²) in [4.78, 5) is 28.1. The number of nitrogens with one attached hydrogen (secondary N) is 1. The van der Waals surface area contributed by atoms with Gasteiger partial charge in [-0.1, -0.05) is 25.0 Å². The summed E-state index contributed by atoms with van der Waals surface area (Å²) in [5.41, 5.74) is 10.5. The fraction of sp³-hybridized carbons (Fsp3) is 0.345. The Morgan fingerprint density at radius 2 is 1.92 bits per heavy atom. The summed E-state index contributed by atoms with van der Waals surface area (Å²) in [6.07, 6.45) is 4.96. The zero-order valence-electron chi connectivity index (χ0n) is 21.5. The number of anilines is 1. The van der Waals surface area contributed by atoms with Crippen molar-refractivity contribution >= 4 is 22.8 Å². The Hall–Kier alpha value is -3.89. The number of halogens is 2. The average molecular weight is 534 g/mol. The molecule has 2 aliphatic rings. The van der Waals surface area contributed by atoms with E-state index in [9.17, 15) is 13.6 Å². The van der Waals surface area contributed by atoms with E-state index >= 15 is 0 Å². The van der Waals surface area contributed by atoms with Gasteiger partial charge in [0.25, 0.3) is 5.91 Å². The number of fused-ring (bicyclic) bond motifs is 3. The number of nitrogens with two attached hydrogens (primary N) is 1. The molecule has 4 aromatic rings. The van der Waals surface area contributed by atoms with Crippen LogP contribution in [0.4, 0.5) is 14.6 Å².